The van der Waals surface area contributed by atoms with E-state index in [9.17, 15) is 4.39 Å². The van der Waals surface area contributed by atoms with E-state index in [1.54, 1.807) is 24.3 Å². The Balaban J connectivity index is 1.97. The van der Waals surface area contributed by atoms with Crippen molar-refractivity contribution in [3.05, 3.63) is 53.7 Å². The highest BCUT2D eigenvalue weighted by Crippen LogP contribution is 2.19. The van der Waals surface area contributed by atoms with Gasteiger partial charge in [-0.3, -0.25) is 0 Å². The highest BCUT2D eigenvalue weighted by Gasteiger charge is 2.12. The summed E-state index contributed by atoms with van der Waals surface area (Å²) in [4.78, 5) is 0. The van der Waals surface area contributed by atoms with Crippen LogP contribution in [-0.4, -0.2) is 6.61 Å². The lowest BCUT2D eigenvalue weighted by molar-refractivity contribution is 0.260. The van der Waals surface area contributed by atoms with Crippen molar-refractivity contribution in [3.8, 4) is 5.75 Å². The van der Waals surface area contributed by atoms with Crippen LogP contribution in [0.2, 0.25) is 0 Å². The molecule has 1 heterocycles. The second-order valence-corrected chi connectivity index (χ2v) is 3.80. The number of para-hydroxylation sites is 1. The highest BCUT2D eigenvalue weighted by atomic mass is 19.1. The van der Waals surface area contributed by atoms with Crippen molar-refractivity contribution in [1.82, 2.24) is 0 Å². The Hall–Kier alpha value is -1.81. The molecule has 1 aromatic carbocycles. The van der Waals surface area contributed by atoms with Crippen LogP contribution >= 0.6 is 0 Å². The molecule has 1 unspecified atom stereocenters. The van der Waals surface area contributed by atoms with Crippen LogP contribution in [0.4, 0.5) is 4.39 Å². The predicted octanol–water partition coefficient (Wildman–Crippen LogP) is 2.81. The van der Waals surface area contributed by atoms with E-state index in [0.29, 0.717) is 5.76 Å². The molecule has 0 aliphatic rings. The first-order valence-corrected chi connectivity index (χ1v) is 5.36. The van der Waals surface area contributed by atoms with E-state index >= 15 is 0 Å². The van der Waals surface area contributed by atoms with Crippen molar-refractivity contribution in [2.24, 2.45) is 5.73 Å². The Kier molecular flexibility index (Phi) is 3.44. The molecule has 2 aromatic rings. The van der Waals surface area contributed by atoms with Crippen LogP contribution in [-0.2, 0) is 0 Å². The van der Waals surface area contributed by atoms with Crippen molar-refractivity contribution in [2.75, 3.05) is 6.61 Å². The van der Waals surface area contributed by atoms with Gasteiger partial charge in [0, 0.05) is 0 Å². The highest BCUT2D eigenvalue weighted by molar-refractivity contribution is 5.23. The topological polar surface area (TPSA) is 48.4 Å². The number of nitrogens with two attached hydrogens (primary N) is 1. The maximum Gasteiger partial charge on any atom is 0.165 e. The lowest BCUT2D eigenvalue weighted by atomic mass is 10.2. The smallest absolute Gasteiger partial charge is 0.165 e. The molecular formula is C13H14FNO2. The van der Waals surface area contributed by atoms with Crippen molar-refractivity contribution in [3.63, 3.8) is 0 Å². The van der Waals surface area contributed by atoms with Gasteiger partial charge in [-0.15, -0.1) is 0 Å². The molecule has 90 valence electrons. The molecule has 0 amide bonds. The maximum atomic E-state index is 13.3. The molecule has 1 atom stereocenters. The third-order valence-corrected chi connectivity index (χ3v) is 2.38. The van der Waals surface area contributed by atoms with Crippen molar-refractivity contribution in [1.29, 1.82) is 0 Å². The number of rotatable bonds is 4. The second-order valence-electron chi connectivity index (χ2n) is 3.80. The number of benzene rings is 1. The number of ether oxygens (including phenoxy) is 1. The summed E-state index contributed by atoms with van der Waals surface area (Å²) in [5.74, 6) is 1.24. The lowest BCUT2D eigenvalue weighted by Crippen LogP contribution is -2.18. The van der Waals surface area contributed by atoms with Crippen molar-refractivity contribution < 1.29 is 13.5 Å². The predicted molar refractivity (Wildman–Crippen MR) is 62.3 cm³/mol. The van der Waals surface area contributed by atoms with Crippen LogP contribution in [0.3, 0.4) is 0 Å². The standard InChI is InChI=1S/C13H14FNO2/c1-9-6-7-13(17-9)11(15)8-16-12-5-3-2-4-10(12)14/h2-7,11H,8,15H2,1H3. The number of hydrogen-bond donors (Lipinski definition) is 1. The van der Waals surface area contributed by atoms with Gasteiger partial charge >= 0.3 is 0 Å². The van der Waals surface area contributed by atoms with E-state index in [2.05, 4.69) is 0 Å². The van der Waals surface area contributed by atoms with Gasteiger partial charge in [-0.2, -0.15) is 0 Å². The van der Waals surface area contributed by atoms with Gasteiger partial charge in [0.25, 0.3) is 0 Å². The molecule has 0 aliphatic heterocycles. The van der Waals surface area contributed by atoms with E-state index in [0.717, 1.165) is 5.76 Å². The zero-order valence-corrected chi connectivity index (χ0v) is 9.52. The van der Waals surface area contributed by atoms with Gasteiger partial charge in [0.1, 0.15) is 18.1 Å². The summed E-state index contributed by atoms with van der Waals surface area (Å²) in [6.45, 7) is 2.02. The Morgan fingerprint density at radius 3 is 2.71 bits per heavy atom. The third-order valence-electron chi connectivity index (χ3n) is 2.38. The molecule has 0 saturated heterocycles. The molecule has 2 N–H and O–H groups in total. The zero-order valence-electron chi connectivity index (χ0n) is 9.52. The summed E-state index contributed by atoms with van der Waals surface area (Å²) < 4.78 is 23.9. The minimum Gasteiger partial charge on any atom is -0.488 e. The molecule has 4 heteroatoms. The summed E-state index contributed by atoms with van der Waals surface area (Å²) in [5.41, 5.74) is 5.87. The summed E-state index contributed by atoms with van der Waals surface area (Å²) in [5, 5.41) is 0. The first-order valence-electron chi connectivity index (χ1n) is 5.36. The Morgan fingerprint density at radius 2 is 2.06 bits per heavy atom. The molecular weight excluding hydrogens is 221 g/mol. The first-order chi connectivity index (χ1) is 8.16. The second kappa shape index (κ2) is 5.01. The molecule has 0 radical (unpaired) electrons. The summed E-state index contributed by atoms with van der Waals surface area (Å²) in [6.07, 6.45) is 0. The molecule has 0 saturated carbocycles. The fourth-order valence-corrected chi connectivity index (χ4v) is 1.48. The largest absolute Gasteiger partial charge is 0.488 e. The minimum absolute atomic E-state index is 0.174. The first kappa shape index (κ1) is 11.7. The minimum atomic E-state index is -0.400. The average Bonchev–Trinajstić information content (AvgIpc) is 2.74. The molecule has 3 nitrogen and oxygen atoms in total. The number of aryl methyl sites for hydroxylation is 1. The summed E-state index contributed by atoms with van der Waals surface area (Å²) in [6, 6.07) is 9.46. The fourth-order valence-electron chi connectivity index (χ4n) is 1.48. The van der Waals surface area contributed by atoms with Crippen LogP contribution < -0.4 is 10.5 Å². The maximum absolute atomic E-state index is 13.3. The van der Waals surface area contributed by atoms with Crippen LogP contribution in [0.5, 0.6) is 5.75 Å². The van der Waals surface area contributed by atoms with Crippen LogP contribution in [0, 0.1) is 12.7 Å². The van der Waals surface area contributed by atoms with E-state index in [4.69, 9.17) is 14.9 Å². The van der Waals surface area contributed by atoms with Gasteiger partial charge in [0.2, 0.25) is 0 Å². The SMILES string of the molecule is Cc1ccc(C(N)COc2ccccc2F)o1. The van der Waals surface area contributed by atoms with Gasteiger partial charge in [-0.1, -0.05) is 12.1 Å². The molecule has 1 aromatic heterocycles. The van der Waals surface area contributed by atoms with E-state index in [1.165, 1.54) is 6.07 Å². The molecule has 17 heavy (non-hydrogen) atoms. The summed E-state index contributed by atoms with van der Waals surface area (Å²) in [7, 11) is 0. The van der Waals surface area contributed by atoms with Crippen LogP contribution in [0.1, 0.15) is 17.6 Å². The molecule has 0 fully saturated rings. The molecule has 0 aliphatic carbocycles. The Bertz CT molecular complexity index is 496. The van der Waals surface area contributed by atoms with Gasteiger partial charge < -0.3 is 14.9 Å². The van der Waals surface area contributed by atoms with Crippen molar-refractivity contribution in [2.45, 2.75) is 13.0 Å². The third kappa shape index (κ3) is 2.85. The van der Waals surface area contributed by atoms with Gasteiger partial charge in [-0.05, 0) is 31.2 Å². The number of halogens is 1. The monoisotopic (exact) mass is 235 g/mol. The van der Waals surface area contributed by atoms with E-state index in [1.807, 2.05) is 13.0 Å². The molecule has 0 spiro atoms. The Morgan fingerprint density at radius 1 is 1.29 bits per heavy atom. The normalized spacial score (nSPS) is 12.4. The average molecular weight is 235 g/mol. The van der Waals surface area contributed by atoms with Crippen molar-refractivity contribution >= 4 is 0 Å². The van der Waals surface area contributed by atoms with E-state index in [-0.39, 0.29) is 12.4 Å². The van der Waals surface area contributed by atoms with Gasteiger partial charge in [0.15, 0.2) is 11.6 Å². The van der Waals surface area contributed by atoms with Crippen LogP contribution in [0.15, 0.2) is 40.8 Å². The quantitative estimate of drug-likeness (QED) is 0.886. The van der Waals surface area contributed by atoms with E-state index < -0.39 is 11.9 Å². The molecule has 2 rings (SSSR count). The molecule has 0 bridgehead atoms. The van der Waals surface area contributed by atoms with Gasteiger partial charge in [-0.25, -0.2) is 4.39 Å². The summed E-state index contributed by atoms with van der Waals surface area (Å²) >= 11 is 0. The lowest BCUT2D eigenvalue weighted by Gasteiger charge is -2.11. The zero-order chi connectivity index (χ0) is 12.3. The number of furan rings is 1. The van der Waals surface area contributed by atoms with Crippen LogP contribution in [0.25, 0.3) is 0 Å². The number of hydrogen-bond acceptors (Lipinski definition) is 3. The fraction of sp³-hybridized carbons (Fsp3) is 0.231. The Labute approximate surface area is 99.0 Å². The van der Waals surface area contributed by atoms with Gasteiger partial charge in [0.05, 0.1) is 6.04 Å².